The van der Waals surface area contributed by atoms with Gasteiger partial charge in [-0.3, -0.25) is 0 Å². The monoisotopic (exact) mass is 227 g/mol. The first-order valence-electron chi connectivity index (χ1n) is 6.59. The van der Waals surface area contributed by atoms with Gasteiger partial charge < -0.3 is 16.0 Å². The molecule has 0 aromatic rings. The molecule has 3 heteroatoms. The Morgan fingerprint density at radius 1 is 1.25 bits per heavy atom. The Balaban J connectivity index is 3.72. The van der Waals surface area contributed by atoms with Crippen molar-refractivity contribution in [2.45, 2.75) is 52.5 Å². The molecule has 0 spiro atoms. The third-order valence-electron chi connectivity index (χ3n) is 2.49. The predicted molar refractivity (Wildman–Crippen MR) is 72.4 cm³/mol. The predicted octanol–water partition coefficient (Wildman–Crippen LogP) is 2.22. The normalized spacial score (nSPS) is 13.6. The second-order valence-electron chi connectivity index (χ2n) is 4.20. The molecule has 0 bridgehead atoms. The molecule has 0 saturated heterocycles. The topological polar surface area (TPSA) is 36.1 Å². The zero-order chi connectivity index (χ0) is 12.2. The van der Waals surface area contributed by atoms with Crippen LogP contribution in [0.4, 0.5) is 0 Å². The molecule has 3 nitrogen and oxygen atoms in total. The van der Waals surface area contributed by atoms with Crippen molar-refractivity contribution in [1.29, 1.82) is 0 Å². The molecule has 0 aromatic carbocycles. The summed E-state index contributed by atoms with van der Waals surface area (Å²) in [7, 11) is 2.01. The van der Waals surface area contributed by atoms with Crippen molar-refractivity contribution in [3.63, 3.8) is 0 Å². The first kappa shape index (κ1) is 15.3. The second-order valence-corrected chi connectivity index (χ2v) is 4.20. The Kier molecular flexibility index (Phi) is 10.3. The molecule has 3 N–H and O–H groups in total. The largest absolute Gasteiger partial charge is 0.372 e. The van der Waals surface area contributed by atoms with Gasteiger partial charge in [-0.25, -0.2) is 0 Å². The van der Waals surface area contributed by atoms with E-state index in [1.54, 1.807) is 0 Å². The van der Waals surface area contributed by atoms with Crippen LogP contribution in [0.2, 0.25) is 0 Å². The maximum absolute atomic E-state index is 3.53. The van der Waals surface area contributed by atoms with Gasteiger partial charge in [0.05, 0.1) is 5.82 Å². The molecule has 1 unspecified atom stereocenters. The Morgan fingerprint density at radius 2 is 2.00 bits per heavy atom. The van der Waals surface area contributed by atoms with Gasteiger partial charge in [-0.1, -0.05) is 13.3 Å². The number of hydrogen-bond acceptors (Lipinski definition) is 3. The maximum atomic E-state index is 3.53. The van der Waals surface area contributed by atoms with Crippen LogP contribution in [0.15, 0.2) is 11.9 Å². The lowest BCUT2D eigenvalue weighted by atomic mass is 10.1. The van der Waals surface area contributed by atoms with Crippen LogP contribution < -0.4 is 16.0 Å². The van der Waals surface area contributed by atoms with E-state index in [0.717, 1.165) is 19.5 Å². The highest BCUT2D eigenvalue weighted by Gasteiger charge is 2.02. The molecular formula is C13H29N3. The van der Waals surface area contributed by atoms with Crippen molar-refractivity contribution in [2.75, 3.05) is 20.1 Å². The Morgan fingerprint density at radius 3 is 2.56 bits per heavy atom. The van der Waals surface area contributed by atoms with Crippen LogP contribution in [0.1, 0.15) is 46.5 Å². The lowest BCUT2D eigenvalue weighted by Crippen LogP contribution is -2.33. The van der Waals surface area contributed by atoms with Gasteiger partial charge in [-0.2, -0.15) is 0 Å². The van der Waals surface area contributed by atoms with Crippen LogP contribution in [0.3, 0.4) is 0 Å². The van der Waals surface area contributed by atoms with Crippen LogP contribution in [0, 0.1) is 0 Å². The Bertz CT molecular complexity index is 178. The lowest BCUT2D eigenvalue weighted by Gasteiger charge is -2.18. The summed E-state index contributed by atoms with van der Waals surface area (Å²) in [6, 6.07) is 0.550. The summed E-state index contributed by atoms with van der Waals surface area (Å²) in [5, 5.41) is 10.1. The molecule has 0 fully saturated rings. The highest BCUT2D eigenvalue weighted by atomic mass is 15.1. The molecule has 0 radical (unpaired) electrons. The molecule has 0 amide bonds. The fraction of sp³-hybridized carbons (Fsp3) is 0.846. The van der Waals surface area contributed by atoms with E-state index in [4.69, 9.17) is 0 Å². The Labute approximate surface area is 101 Å². The minimum Gasteiger partial charge on any atom is -0.372 e. The SMILES string of the molecule is CC/C=C(\NCC)NC(C)CCCCNC. The highest BCUT2D eigenvalue weighted by molar-refractivity contribution is 4.97. The maximum Gasteiger partial charge on any atom is 0.0947 e. The minimum atomic E-state index is 0.550. The number of nitrogens with one attached hydrogen (secondary N) is 3. The quantitative estimate of drug-likeness (QED) is 0.501. The molecule has 0 heterocycles. The summed E-state index contributed by atoms with van der Waals surface area (Å²) >= 11 is 0. The molecule has 0 aliphatic rings. The van der Waals surface area contributed by atoms with Crippen LogP contribution in [0.25, 0.3) is 0 Å². The van der Waals surface area contributed by atoms with Crippen LogP contribution in [-0.4, -0.2) is 26.2 Å². The minimum absolute atomic E-state index is 0.550. The van der Waals surface area contributed by atoms with Crippen molar-refractivity contribution in [1.82, 2.24) is 16.0 Å². The number of unbranched alkanes of at least 4 members (excludes halogenated alkanes) is 1. The Hall–Kier alpha value is -0.700. The standard InChI is InChI=1S/C13H29N3/c1-5-9-13(15-6-2)16-12(3)10-7-8-11-14-4/h9,12,14-16H,5-8,10-11H2,1-4H3/b13-9+. The third kappa shape index (κ3) is 8.60. The van der Waals surface area contributed by atoms with Crippen LogP contribution in [0.5, 0.6) is 0 Å². The van der Waals surface area contributed by atoms with Crippen molar-refractivity contribution in [2.24, 2.45) is 0 Å². The first-order chi connectivity index (χ1) is 7.74. The fourth-order valence-corrected chi connectivity index (χ4v) is 1.67. The molecule has 1 atom stereocenters. The van der Waals surface area contributed by atoms with Gasteiger partial charge in [-0.15, -0.1) is 0 Å². The number of allylic oxidation sites excluding steroid dienone is 1. The van der Waals surface area contributed by atoms with Crippen molar-refractivity contribution >= 4 is 0 Å². The fourth-order valence-electron chi connectivity index (χ4n) is 1.67. The van der Waals surface area contributed by atoms with E-state index in [1.807, 2.05) is 7.05 Å². The molecule has 0 saturated carbocycles. The van der Waals surface area contributed by atoms with E-state index in [0.29, 0.717) is 6.04 Å². The summed E-state index contributed by atoms with van der Waals surface area (Å²) < 4.78 is 0. The summed E-state index contributed by atoms with van der Waals surface area (Å²) in [4.78, 5) is 0. The van der Waals surface area contributed by atoms with E-state index in [2.05, 4.69) is 42.8 Å². The molecule has 0 aromatic heterocycles. The third-order valence-corrected chi connectivity index (χ3v) is 2.49. The number of rotatable bonds is 10. The van der Waals surface area contributed by atoms with Crippen molar-refractivity contribution in [3.05, 3.63) is 11.9 Å². The lowest BCUT2D eigenvalue weighted by molar-refractivity contribution is 0.506. The molecule has 0 aliphatic heterocycles. The highest BCUT2D eigenvalue weighted by Crippen LogP contribution is 2.01. The van der Waals surface area contributed by atoms with E-state index in [1.165, 1.54) is 25.1 Å². The van der Waals surface area contributed by atoms with Crippen LogP contribution >= 0.6 is 0 Å². The zero-order valence-corrected chi connectivity index (χ0v) is 11.4. The summed E-state index contributed by atoms with van der Waals surface area (Å²) in [6.45, 7) is 8.64. The second kappa shape index (κ2) is 10.8. The van der Waals surface area contributed by atoms with Gasteiger partial charge in [0.25, 0.3) is 0 Å². The summed E-state index contributed by atoms with van der Waals surface area (Å²) in [5.41, 5.74) is 0. The smallest absolute Gasteiger partial charge is 0.0947 e. The van der Waals surface area contributed by atoms with Crippen LogP contribution in [-0.2, 0) is 0 Å². The van der Waals surface area contributed by atoms with Gasteiger partial charge in [0.15, 0.2) is 0 Å². The summed E-state index contributed by atoms with van der Waals surface area (Å²) in [6.07, 6.45) is 7.06. The van der Waals surface area contributed by atoms with E-state index >= 15 is 0 Å². The number of hydrogen-bond donors (Lipinski definition) is 3. The van der Waals surface area contributed by atoms with Gasteiger partial charge in [0.2, 0.25) is 0 Å². The molecular weight excluding hydrogens is 198 g/mol. The molecule has 16 heavy (non-hydrogen) atoms. The van der Waals surface area contributed by atoms with E-state index in [-0.39, 0.29) is 0 Å². The summed E-state index contributed by atoms with van der Waals surface area (Å²) in [5.74, 6) is 1.19. The first-order valence-corrected chi connectivity index (χ1v) is 6.59. The van der Waals surface area contributed by atoms with Gasteiger partial charge in [0, 0.05) is 12.6 Å². The van der Waals surface area contributed by atoms with Gasteiger partial charge in [0.1, 0.15) is 0 Å². The zero-order valence-electron chi connectivity index (χ0n) is 11.4. The van der Waals surface area contributed by atoms with E-state index < -0.39 is 0 Å². The van der Waals surface area contributed by atoms with Crippen molar-refractivity contribution in [3.8, 4) is 0 Å². The van der Waals surface area contributed by atoms with Crippen molar-refractivity contribution < 1.29 is 0 Å². The molecule has 0 aliphatic carbocycles. The molecule has 96 valence electrons. The molecule has 0 rings (SSSR count). The van der Waals surface area contributed by atoms with E-state index in [9.17, 15) is 0 Å². The average Bonchev–Trinajstić information content (AvgIpc) is 2.25. The van der Waals surface area contributed by atoms with Gasteiger partial charge in [-0.05, 0) is 52.8 Å². The van der Waals surface area contributed by atoms with Gasteiger partial charge >= 0.3 is 0 Å². The average molecular weight is 227 g/mol.